The molecule has 3 aromatic rings. The van der Waals surface area contributed by atoms with Crippen LogP contribution in [0.15, 0.2) is 46.0 Å². The van der Waals surface area contributed by atoms with Crippen LogP contribution >= 0.6 is 0 Å². The first-order valence-corrected chi connectivity index (χ1v) is 6.25. The molecule has 0 aliphatic carbocycles. The van der Waals surface area contributed by atoms with E-state index in [9.17, 15) is 18.0 Å². The van der Waals surface area contributed by atoms with E-state index in [1.165, 1.54) is 24.5 Å². The molecule has 0 spiro atoms. The second-order valence-corrected chi connectivity index (χ2v) is 4.40. The van der Waals surface area contributed by atoms with Crippen LogP contribution in [0.4, 0.5) is 24.7 Å². The van der Waals surface area contributed by atoms with Crippen molar-refractivity contribution in [2.45, 2.75) is 6.18 Å². The first-order chi connectivity index (χ1) is 10.9. The van der Waals surface area contributed by atoms with E-state index in [0.29, 0.717) is 5.69 Å². The second-order valence-electron chi connectivity index (χ2n) is 4.40. The molecular formula is C13H8F3N5O2. The third-order valence-electron chi connectivity index (χ3n) is 2.84. The first kappa shape index (κ1) is 14.8. The number of hydrogen-bond donors (Lipinski definition) is 2. The monoisotopic (exact) mass is 323 g/mol. The lowest BCUT2D eigenvalue weighted by molar-refractivity contribution is -0.137. The number of alkyl halides is 3. The molecule has 10 heteroatoms. The largest absolute Gasteiger partial charge is 0.439 e. The summed E-state index contributed by atoms with van der Waals surface area (Å²) >= 11 is 0. The Morgan fingerprint density at radius 3 is 2.39 bits per heavy atom. The number of aromatic amines is 1. The highest BCUT2D eigenvalue weighted by Gasteiger charge is 2.30. The van der Waals surface area contributed by atoms with E-state index in [-0.39, 0.29) is 17.3 Å². The van der Waals surface area contributed by atoms with Crippen molar-refractivity contribution >= 4 is 11.5 Å². The third-order valence-corrected chi connectivity index (χ3v) is 2.84. The fraction of sp³-hybridized carbons (Fsp3) is 0.0769. The van der Waals surface area contributed by atoms with E-state index in [4.69, 9.17) is 0 Å². The number of hydrogen-bond acceptors (Lipinski definition) is 6. The fourth-order valence-electron chi connectivity index (χ4n) is 1.81. The van der Waals surface area contributed by atoms with Crippen LogP contribution in [-0.2, 0) is 6.18 Å². The highest BCUT2D eigenvalue weighted by atomic mass is 19.4. The van der Waals surface area contributed by atoms with E-state index >= 15 is 0 Å². The van der Waals surface area contributed by atoms with Gasteiger partial charge >= 0.3 is 11.9 Å². The summed E-state index contributed by atoms with van der Waals surface area (Å²) < 4.78 is 42.0. The summed E-state index contributed by atoms with van der Waals surface area (Å²) in [5.41, 5.74) is -0.202. The zero-order valence-corrected chi connectivity index (χ0v) is 11.3. The SMILES string of the molecule is O=c1[nH]c(-c2nccnc2Nc2ccc(C(F)(F)F)cc2)no1. The third kappa shape index (κ3) is 3.20. The van der Waals surface area contributed by atoms with Gasteiger partial charge in [0.15, 0.2) is 11.5 Å². The minimum atomic E-state index is -4.41. The van der Waals surface area contributed by atoms with Crippen LogP contribution in [0.2, 0.25) is 0 Å². The van der Waals surface area contributed by atoms with Gasteiger partial charge in [-0.25, -0.2) is 14.8 Å². The zero-order chi connectivity index (χ0) is 16.4. The van der Waals surface area contributed by atoms with Crippen molar-refractivity contribution < 1.29 is 17.7 Å². The Hall–Kier alpha value is -3.17. The maximum Gasteiger partial charge on any atom is 0.439 e. The number of rotatable bonds is 3. The molecule has 23 heavy (non-hydrogen) atoms. The molecule has 2 aromatic heterocycles. The predicted molar refractivity (Wildman–Crippen MR) is 72.9 cm³/mol. The van der Waals surface area contributed by atoms with Crippen LogP contribution in [0.5, 0.6) is 0 Å². The molecule has 7 nitrogen and oxygen atoms in total. The molecule has 0 saturated heterocycles. The molecule has 0 unspecified atom stereocenters. The molecule has 0 saturated carbocycles. The van der Waals surface area contributed by atoms with Crippen LogP contribution in [0, 0.1) is 0 Å². The quantitative estimate of drug-likeness (QED) is 0.769. The summed E-state index contributed by atoms with van der Waals surface area (Å²) in [6, 6.07) is 4.40. The van der Waals surface area contributed by atoms with E-state index in [2.05, 4.69) is 29.9 Å². The van der Waals surface area contributed by atoms with Crippen LogP contribution in [-0.4, -0.2) is 20.1 Å². The van der Waals surface area contributed by atoms with Gasteiger partial charge in [0, 0.05) is 18.1 Å². The van der Waals surface area contributed by atoms with Gasteiger partial charge in [-0.2, -0.15) is 13.2 Å². The highest BCUT2D eigenvalue weighted by Crippen LogP contribution is 2.30. The maximum atomic E-state index is 12.5. The van der Waals surface area contributed by atoms with E-state index in [1.54, 1.807) is 0 Å². The molecule has 2 heterocycles. The minimum absolute atomic E-state index is 0.0533. The van der Waals surface area contributed by atoms with Crippen LogP contribution in [0.25, 0.3) is 11.5 Å². The molecule has 118 valence electrons. The second kappa shape index (κ2) is 5.55. The van der Waals surface area contributed by atoms with E-state index < -0.39 is 17.5 Å². The van der Waals surface area contributed by atoms with E-state index in [0.717, 1.165) is 12.1 Å². The lowest BCUT2D eigenvalue weighted by Crippen LogP contribution is -2.05. The molecule has 1 aromatic carbocycles. The molecule has 2 N–H and O–H groups in total. The number of aromatic nitrogens is 4. The van der Waals surface area contributed by atoms with E-state index in [1.807, 2.05) is 0 Å². The fourth-order valence-corrected chi connectivity index (χ4v) is 1.81. The Morgan fingerprint density at radius 2 is 1.78 bits per heavy atom. The Kier molecular flexibility index (Phi) is 3.56. The van der Waals surface area contributed by atoms with Crippen molar-refractivity contribution in [3.8, 4) is 11.5 Å². The summed E-state index contributed by atoms with van der Waals surface area (Å²) in [7, 11) is 0. The molecular weight excluding hydrogens is 315 g/mol. The average molecular weight is 323 g/mol. The number of benzene rings is 1. The molecule has 0 fully saturated rings. The van der Waals surface area contributed by atoms with Gasteiger partial charge in [-0.15, -0.1) is 0 Å². The topological polar surface area (TPSA) is 96.7 Å². The van der Waals surface area contributed by atoms with Gasteiger partial charge in [-0.05, 0) is 24.3 Å². The molecule has 0 radical (unpaired) electrons. The van der Waals surface area contributed by atoms with Crippen molar-refractivity contribution in [2.75, 3.05) is 5.32 Å². The summed E-state index contributed by atoms with van der Waals surface area (Å²) in [5, 5.41) is 6.31. The number of anilines is 2. The normalized spacial score (nSPS) is 11.4. The van der Waals surface area contributed by atoms with Gasteiger partial charge in [-0.3, -0.25) is 9.51 Å². The van der Waals surface area contributed by atoms with Crippen molar-refractivity contribution in [1.82, 2.24) is 20.1 Å². The van der Waals surface area contributed by atoms with Gasteiger partial charge in [0.05, 0.1) is 5.56 Å². The number of nitrogens with one attached hydrogen (secondary N) is 2. The molecule has 0 aliphatic rings. The lowest BCUT2D eigenvalue weighted by atomic mass is 10.2. The van der Waals surface area contributed by atoms with Crippen molar-refractivity contribution in [2.24, 2.45) is 0 Å². The predicted octanol–water partition coefficient (Wildman–Crippen LogP) is 2.58. The minimum Gasteiger partial charge on any atom is -0.338 e. The maximum absolute atomic E-state index is 12.5. The molecule has 3 rings (SSSR count). The zero-order valence-electron chi connectivity index (χ0n) is 11.3. The first-order valence-electron chi connectivity index (χ1n) is 6.25. The number of H-pyrrole nitrogens is 1. The Bertz CT molecular complexity index is 870. The standard InChI is InChI=1S/C13H8F3N5O2/c14-13(15,16)7-1-3-8(4-2-7)19-10-9(17-5-6-18-10)11-20-12(22)23-21-11/h1-6H,(H,18,19)(H,20,21,22). The summed E-state index contributed by atoms with van der Waals surface area (Å²) in [5.74, 6) is -0.500. The number of halogens is 3. The van der Waals surface area contributed by atoms with Gasteiger partial charge in [0.25, 0.3) is 0 Å². The van der Waals surface area contributed by atoms with Gasteiger partial charge < -0.3 is 5.32 Å². The average Bonchev–Trinajstić information content (AvgIpc) is 2.94. The molecule has 0 bridgehead atoms. The van der Waals surface area contributed by atoms with Crippen molar-refractivity contribution in [3.63, 3.8) is 0 Å². The molecule has 0 amide bonds. The lowest BCUT2D eigenvalue weighted by Gasteiger charge is -2.10. The smallest absolute Gasteiger partial charge is 0.338 e. The Labute approximate surface area is 126 Å². The summed E-state index contributed by atoms with van der Waals surface area (Å²) in [4.78, 5) is 21.4. The molecule has 0 atom stereocenters. The van der Waals surface area contributed by atoms with Gasteiger partial charge in [-0.1, -0.05) is 5.16 Å². The van der Waals surface area contributed by atoms with Crippen LogP contribution < -0.4 is 11.1 Å². The van der Waals surface area contributed by atoms with Crippen molar-refractivity contribution in [1.29, 1.82) is 0 Å². The highest BCUT2D eigenvalue weighted by molar-refractivity contribution is 5.70. The summed E-state index contributed by atoms with van der Waals surface area (Å²) in [6.45, 7) is 0. The van der Waals surface area contributed by atoms with Crippen LogP contribution in [0.1, 0.15) is 5.56 Å². The number of nitrogens with zero attached hydrogens (tertiary/aromatic N) is 3. The van der Waals surface area contributed by atoms with Gasteiger partial charge in [0.1, 0.15) is 0 Å². The summed E-state index contributed by atoms with van der Waals surface area (Å²) in [6.07, 6.45) is -1.65. The molecule has 0 aliphatic heterocycles. The van der Waals surface area contributed by atoms with Gasteiger partial charge in [0.2, 0.25) is 5.82 Å². The van der Waals surface area contributed by atoms with Crippen molar-refractivity contribution in [3.05, 3.63) is 52.8 Å². The van der Waals surface area contributed by atoms with Crippen LogP contribution in [0.3, 0.4) is 0 Å². The Balaban J connectivity index is 1.90. The Morgan fingerprint density at radius 1 is 1.09 bits per heavy atom.